The zero-order valence-electron chi connectivity index (χ0n) is 21.0. The number of carbonyl (C=O) groups is 1. The lowest BCUT2D eigenvalue weighted by Crippen LogP contribution is -2.16. The summed E-state index contributed by atoms with van der Waals surface area (Å²) >= 11 is -0.171. The summed E-state index contributed by atoms with van der Waals surface area (Å²) < 4.78 is 26.2. The van der Waals surface area contributed by atoms with E-state index in [1.54, 1.807) is 19.2 Å². The lowest BCUT2D eigenvalue weighted by atomic mass is 9.90. The van der Waals surface area contributed by atoms with Gasteiger partial charge < -0.3 is 14.0 Å². The van der Waals surface area contributed by atoms with Crippen LogP contribution in [-0.2, 0) is 20.9 Å². The van der Waals surface area contributed by atoms with Crippen molar-refractivity contribution in [2.24, 2.45) is 5.92 Å². The highest BCUT2D eigenvalue weighted by Crippen LogP contribution is 2.44. The Bertz CT molecular complexity index is 1570. The summed E-state index contributed by atoms with van der Waals surface area (Å²) in [7, 11) is 3.00. The Morgan fingerprint density at radius 2 is 1.97 bits per heavy atom. The number of ether oxygens (including phenoxy) is 2. The lowest BCUT2D eigenvalue weighted by molar-refractivity contribution is -0.140. The molecule has 38 heavy (non-hydrogen) atoms. The molecule has 6 nitrogen and oxygen atoms in total. The quantitative estimate of drug-likeness (QED) is 0.182. The highest BCUT2D eigenvalue weighted by atomic mass is 32.2. The molecule has 0 radical (unpaired) electrons. The number of carbonyl (C=O) groups excluding carboxylic acids is 1. The van der Waals surface area contributed by atoms with Crippen LogP contribution >= 0.6 is 11.3 Å². The average molecular weight is 543 g/mol. The predicted molar refractivity (Wildman–Crippen MR) is 151 cm³/mol. The van der Waals surface area contributed by atoms with Gasteiger partial charge in [-0.1, -0.05) is 36.4 Å². The molecule has 2 unspecified atom stereocenters. The van der Waals surface area contributed by atoms with Gasteiger partial charge in [-0.2, -0.15) is 9.23 Å². The molecule has 2 atom stereocenters. The van der Waals surface area contributed by atoms with Gasteiger partial charge in [0.25, 0.3) is 0 Å². The first-order valence-electron chi connectivity index (χ1n) is 12.2. The molecule has 0 saturated heterocycles. The van der Waals surface area contributed by atoms with E-state index in [-0.39, 0.29) is 11.9 Å². The Hall–Kier alpha value is -3.77. The number of esters is 1. The number of rotatable bonds is 8. The van der Waals surface area contributed by atoms with Gasteiger partial charge in [0.15, 0.2) is 4.90 Å². The summed E-state index contributed by atoms with van der Waals surface area (Å²) in [6, 6.07) is 19.4. The highest BCUT2D eigenvalue weighted by molar-refractivity contribution is 7.90. The minimum Gasteiger partial charge on any atom is -0.587 e. The Labute approximate surface area is 228 Å². The van der Waals surface area contributed by atoms with Crippen molar-refractivity contribution >= 4 is 45.1 Å². The summed E-state index contributed by atoms with van der Waals surface area (Å²) in [5.41, 5.74) is 4.28. The fourth-order valence-electron chi connectivity index (χ4n) is 4.77. The number of methoxy groups -OCH3 is 2. The first-order valence-corrected chi connectivity index (χ1v) is 14.2. The lowest BCUT2D eigenvalue weighted by Gasteiger charge is -2.20. The Morgan fingerprint density at radius 1 is 1.18 bits per heavy atom. The zero-order chi connectivity index (χ0) is 26.6. The van der Waals surface area contributed by atoms with E-state index < -0.39 is 11.4 Å². The number of nitriles is 1. The summed E-state index contributed by atoms with van der Waals surface area (Å²) in [5, 5.41) is 12.7. The standard InChI is InChI=1S/C30H26N2O4S2/c1-35-22-12-14-23(15-13-22)38(34)32-26-6-4-3-5-24(26)29(25-17-18-37-27(25)19-31)30(32)21-10-7-20(8-11-21)9-16-28(33)36-2/h3-7,10-15,17-18,20H,8-9,16H2,1-2H3. The van der Waals surface area contributed by atoms with Crippen molar-refractivity contribution in [3.05, 3.63) is 88.8 Å². The number of benzene rings is 2. The van der Waals surface area contributed by atoms with Gasteiger partial charge in [0.2, 0.25) is 0 Å². The molecule has 192 valence electrons. The molecule has 2 heterocycles. The van der Waals surface area contributed by atoms with E-state index in [9.17, 15) is 14.6 Å². The molecule has 0 N–H and O–H groups in total. The van der Waals surface area contributed by atoms with Crippen molar-refractivity contribution in [2.75, 3.05) is 14.2 Å². The third-order valence-corrected chi connectivity index (χ3v) is 8.91. The number of thiophene rings is 1. The molecule has 0 aliphatic heterocycles. The smallest absolute Gasteiger partial charge is 0.305 e. The maximum absolute atomic E-state index is 14.2. The van der Waals surface area contributed by atoms with Gasteiger partial charge in [-0.25, -0.2) is 0 Å². The number of para-hydroxylation sites is 1. The minimum absolute atomic E-state index is 0.210. The largest absolute Gasteiger partial charge is 0.587 e. The van der Waals surface area contributed by atoms with E-state index >= 15 is 0 Å². The third-order valence-electron chi connectivity index (χ3n) is 6.70. The molecular weight excluding hydrogens is 516 g/mol. The van der Waals surface area contributed by atoms with E-state index in [1.807, 2.05) is 57.9 Å². The molecule has 2 aromatic heterocycles. The molecule has 8 heteroatoms. The van der Waals surface area contributed by atoms with Gasteiger partial charge in [-0.05, 0) is 66.1 Å². The highest BCUT2D eigenvalue weighted by Gasteiger charge is 2.30. The van der Waals surface area contributed by atoms with Crippen molar-refractivity contribution < 1.29 is 18.8 Å². The first-order chi connectivity index (χ1) is 18.5. The van der Waals surface area contributed by atoms with Crippen LogP contribution < -0.4 is 4.74 Å². The molecule has 0 fully saturated rings. The van der Waals surface area contributed by atoms with Crippen LogP contribution in [0, 0.1) is 17.2 Å². The molecule has 1 aliphatic carbocycles. The van der Waals surface area contributed by atoms with Crippen LogP contribution in [0.15, 0.2) is 83.1 Å². The number of aromatic nitrogens is 1. The Kier molecular flexibility index (Phi) is 7.70. The second-order valence-corrected chi connectivity index (χ2v) is 11.1. The molecule has 0 spiro atoms. The molecular formula is C30H26N2O4S2. The minimum atomic E-state index is -1.57. The van der Waals surface area contributed by atoms with E-state index in [2.05, 4.69) is 18.2 Å². The summed E-state index contributed by atoms with van der Waals surface area (Å²) in [5.74, 6) is 0.686. The summed E-state index contributed by atoms with van der Waals surface area (Å²) in [6.07, 6.45) is 8.10. The number of allylic oxidation sites excluding steroid dienone is 4. The fourth-order valence-corrected chi connectivity index (χ4v) is 6.74. The van der Waals surface area contributed by atoms with Gasteiger partial charge >= 0.3 is 5.97 Å². The molecule has 1 aliphatic rings. The van der Waals surface area contributed by atoms with Gasteiger partial charge in [0.05, 0.1) is 19.7 Å². The summed E-state index contributed by atoms with van der Waals surface area (Å²) in [6.45, 7) is 0. The number of hydrogen-bond donors (Lipinski definition) is 0. The second-order valence-electron chi connectivity index (χ2n) is 8.86. The number of fused-ring (bicyclic) bond motifs is 1. The zero-order valence-corrected chi connectivity index (χ0v) is 22.7. The first kappa shape index (κ1) is 25.9. The average Bonchev–Trinajstić information content (AvgIpc) is 3.58. The van der Waals surface area contributed by atoms with Crippen LogP contribution in [0.25, 0.3) is 27.6 Å². The molecule has 0 bridgehead atoms. The van der Waals surface area contributed by atoms with Gasteiger partial charge in [0, 0.05) is 22.9 Å². The Morgan fingerprint density at radius 3 is 2.66 bits per heavy atom. The van der Waals surface area contributed by atoms with Crippen LogP contribution in [0.5, 0.6) is 5.75 Å². The summed E-state index contributed by atoms with van der Waals surface area (Å²) in [4.78, 5) is 12.9. The van der Waals surface area contributed by atoms with Crippen LogP contribution in [0.3, 0.4) is 0 Å². The van der Waals surface area contributed by atoms with Crippen LogP contribution in [0.4, 0.5) is 0 Å². The maximum Gasteiger partial charge on any atom is 0.305 e. The number of hydrogen-bond acceptors (Lipinski definition) is 6. The van der Waals surface area contributed by atoms with E-state index in [0.29, 0.717) is 28.4 Å². The van der Waals surface area contributed by atoms with Gasteiger partial charge in [0.1, 0.15) is 33.8 Å². The third kappa shape index (κ3) is 4.88. The molecule has 4 aromatic rings. The second kappa shape index (κ2) is 11.3. The predicted octanol–water partition coefficient (Wildman–Crippen LogP) is 6.73. The monoisotopic (exact) mass is 542 g/mol. The molecule has 2 aromatic carbocycles. The topological polar surface area (TPSA) is 87.3 Å². The van der Waals surface area contributed by atoms with Crippen molar-refractivity contribution in [3.8, 4) is 22.9 Å². The van der Waals surface area contributed by atoms with Crippen LogP contribution in [0.1, 0.15) is 29.8 Å². The van der Waals surface area contributed by atoms with E-state index in [1.165, 1.54) is 18.4 Å². The maximum atomic E-state index is 14.2. The van der Waals surface area contributed by atoms with Gasteiger partial charge in [-0.15, -0.1) is 11.3 Å². The molecule has 0 amide bonds. The van der Waals surface area contributed by atoms with Crippen molar-refractivity contribution in [1.82, 2.24) is 3.97 Å². The van der Waals surface area contributed by atoms with Crippen molar-refractivity contribution in [1.29, 1.82) is 5.26 Å². The SMILES string of the molecule is COC(=O)CCC1C=CC(c2c(-c3ccsc3C#N)c3ccccc3n2[S+]([O-])c2ccc(OC)cc2)=CC1. The van der Waals surface area contributed by atoms with E-state index in [4.69, 9.17) is 9.47 Å². The molecule has 0 saturated carbocycles. The van der Waals surface area contributed by atoms with Gasteiger partial charge in [-0.3, -0.25) is 4.79 Å². The van der Waals surface area contributed by atoms with Crippen LogP contribution in [0.2, 0.25) is 0 Å². The molecule has 5 rings (SSSR count). The number of nitrogens with zero attached hydrogens (tertiary/aromatic N) is 2. The van der Waals surface area contributed by atoms with Crippen molar-refractivity contribution in [3.63, 3.8) is 0 Å². The van der Waals surface area contributed by atoms with Crippen molar-refractivity contribution in [2.45, 2.75) is 24.2 Å². The van der Waals surface area contributed by atoms with Crippen LogP contribution in [-0.4, -0.2) is 28.7 Å². The van der Waals surface area contributed by atoms with E-state index in [0.717, 1.165) is 39.7 Å². The fraction of sp³-hybridized carbons (Fsp3) is 0.200. The normalized spacial score (nSPS) is 15.6. The Balaban J connectivity index is 1.67.